The Labute approximate surface area is 175 Å². The second-order valence-corrected chi connectivity index (χ2v) is 9.38. The highest BCUT2D eigenvalue weighted by atomic mass is 35.5. The Morgan fingerprint density at radius 1 is 1.07 bits per heavy atom. The van der Waals surface area contributed by atoms with Gasteiger partial charge < -0.3 is 9.80 Å². The number of benzene rings is 2. The van der Waals surface area contributed by atoms with Gasteiger partial charge in [-0.25, -0.2) is 12.8 Å². The number of hydrogen-bond acceptors (Lipinski definition) is 4. The van der Waals surface area contributed by atoms with E-state index in [9.17, 15) is 17.6 Å². The van der Waals surface area contributed by atoms with E-state index in [1.165, 1.54) is 42.5 Å². The molecule has 3 rings (SSSR count). The lowest BCUT2D eigenvalue weighted by Gasteiger charge is -2.33. The van der Waals surface area contributed by atoms with Crippen LogP contribution in [0.2, 0.25) is 5.02 Å². The summed E-state index contributed by atoms with van der Waals surface area (Å²) in [5.41, 5.74) is 0.205. The summed E-state index contributed by atoms with van der Waals surface area (Å²) in [7, 11) is -2.06. The molecule has 0 spiro atoms. The van der Waals surface area contributed by atoms with Crippen LogP contribution in [0.1, 0.15) is 5.56 Å². The van der Waals surface area contributed by atoms with Gasteiger partial charge in [-0.15, -0.1) is 0 Å². The van der Waals surface area contributed by atoms with Crippen LogP contribution >= 0.6 is 11.6 Å². The fourth-order valence-electron chi connectivity index (χ4n) is 3.10. The SMILES string of the molecule is CN1CCN(C(=O)CN(Cc2ccccc2F)S(=O)(=O)c2ccc(Cl)cc2)CC1. The van der Waals surface area contributed by atoms with Gasteiger partial charge in [-0.3, -0.25) is 4.79 Å². The van der Waals surface area contributed by atoms with Crippen molar-refractivity contribution in [3.8, 4) is 0 Å². The third-order valence-corrected chi connectivity index (χ3v) is 6.98. The van der Waals surface area contributed by atoms with E-state index in [1.54, 1.807) is 11.0 Å². The second-order valence-electron chi connectivity index (χ2n) is 7.00. The molecule has 1 heterocycles. The number of rotatable bonds is 6. The van der Waals surface area contributed by atoms with Crippen molar-refractivity contribution in [1.82, 2.24) is 14.1 Å². The highest BCUT2D eigenvalue weighted by molar-refractivity contribution is 7.89. The minimum atomic E-state index is -4.03. The van der Waals surface area contributed by atoms with E-state index in [4.69, 9.17) is 11.6 Å². The lowest BCUT2D eigenvalue weighted by Crippen LogP contribution is -2.50. The number of amides is 1. The Morgan fingerprint density at radius 2 is 1.69 bits per heavy atom. The standard InChI is InChI=1S/C20H23ClFN3O3S/c1-23-10-12-24(13-11-23)20(26)15-25(14-16-4-2-3-5-19(16)22)29(27,28)18-8-6-17(21)7-9-18/h2-9H,10-15H2,1H3. The van der Waals surface area contributed by atoms with Crippen molar-refractivity contribution in [2.75, 3.05) is 39.8 Å². The van der Waals surface area contributed by atoms with Crippen LogP contribution in [0.25, 0.3) is 0 Å². The lowest BCUT2D eigenvalue weighted by molar-refractivity contribution is -0.133. The largest absolute Gasteiger partial charge is 0.339 e. The van der Waals surface area contributed by atoms with Crippen LogP contribution in [0.5, 0.6) is 0 Å². The van der Waals surface area contributed by atoms with E-state index in [2.05, 4.69) is 4.90 Å². The molecule has 1 amide bonds. The maximum absolute atomic E-state index is 14.2. The van der Waals surface area contributed by atoms with Crippen LogP contribution in [-0.4, -0.2) is 68.2 Å². The average molecular weight is 440 g/mol. The molecule has 0 bridgehead atoms. The number of hydrogen-bond donors (Lipinski definition) is 0. The topological polar surface area (TPSA) is 60.9 Å². The first kappa shape index (κ1) is 21.7. The summed E-state index contributed by atoms with van der Waals surface area (Å²) in [6, 6.07) is 11.7. The molecule has 1 aliphatic rings. The highest BCUT2D eigenvalue weighted by Crippen LogP contribution is 2.22. The van der Waals surface area contributed by atoms with Crippen molar-refractivity contribution in [2.45, 2.75) is 11.4 Å². The van der Waals surface area contributed by atoms with Gasteiger partial charge in [0.25, 0.3) is 0 Å². The van der Waals surface area contributed by atoms with Crippen molar-refractivity contribution in [3.05, 3.63) is 64.9 Å². The Morgan fingerprint density at radius 3 is 2.31 bits per heavy atom. The molecule has 29 heavy (non-hydrogen) atoms. The van der Waals surface area contributed by atoms with Gasteiger partial charge in [0, 0.05) is 43.3 Å². The van der Waals surface area contributed by atoms with E-state index in [0.717, 1.165) is 17.4 Å². The molecule has 2 aromatic rings. The zero-order chi connectivity index (χ0) is 21.0. The van der Waals surface area contributed by atoms with Gasteiger partial charge in [-0.05, 0) is 37.4 Å². The van der Waals surface area contributed by atoms with Crippen LogP contribution in [0, 0.1) is 5.82 Å². The molecule has 2 aromatic carbocycles. The number of carbonyl (C=O) groups is 1. The maximum Gasteiger partial charge on any atom is 0.243 e. The van der Waals surface area contributed by atoms with Gasteiger partial charge in [0.2, 0.25) is 15.9 Å². The number of piperazine rings is 1. The molecule has 0 radical (unpaired) electrons. The molecule has 1 fully saturated rings. The third kappa shape index (κ3) is 5.33. The molecule has 0 unspecified atom stereocenters. The van der Waals surface area contributed by atoms with Crippen LogP contribution in [0.3, 0.4) is 0 Å². The number of nitrogens with zero attached hydrogens (tertiary/aromatic N) is 3. The number of likely N-dealkylation sites (N-methyl/N-ethyl adjacent to an activating group) is 1. The molecule has 9 heteroatoms. The Bertz CT molecular complexity index is 961. The van der Waals surface area contributed by atoms with Crippen molar-refractivity contribution in [2.24, 2.45) is 0 Å². The van der Waals surface area contributed by atoms with Crippen molar-refractivity contribution < 1.29 is 17.6 Å². The van der Waals surface area contributed by atoms with Crippen molar-refractivity contribution >= 4 is 27.5 Å². The molecular formula is C20H23ClFN3O3S. The van der Waals surface area contributed by atoms with Gasteiger partial charge in [0.1, 0.15) is 5.82 Å². The first-order valence-electron chi connectivity index (χ1n) is 9.23. The summed E-state index contributed by atoms with van der Waals surface area (Å²) in [5.74, 6) is -0.817. The molecule has 0 saturated carbocycles. The molecular weight excluding hydrogens is 417 g/mol. The molecule has 156 valence electrons. The second kappa shape index (κ2) is 9.21. The van der Waals surface area contributed by atoms with Crippen LogP contribution < -0.4 is 0 Å². The maximum atomic E-state index is 14.2. The smallest absolute Gasteiger partial charge is 0.243 e. The molecule has 0 atom stereocenters. The molecule has 0 aromatic heterocycles. The molecule has 0 N–H and O–H groups in total. The molecule has 1 saturated heterocycles. The normalized spacial score (nSPS) is 15.7. The fraction of sp³-hybridized carbons (Fsp3) is 0.350. The van der Waals surface area contributed by atoms with Gasteiger partial charge in [-0.1, -0.05) is 29.8 Å². The predicted molar refractivity (Wildman–Crippen MR) is 110 cm³/mol. The van der Waals surface area contributed by atoms with Crippen molar-refractivity contribution in [1.29, 1.82) is 0 Å². The van der Waals surface area contributed by atoms with Gasteiger partial charge in [0.15, 0.2) is 0 Å². The minimum absolute atomic E-state index is 0.00409. The van der Waals surface area contributed by atoms with Crippen LogP contribution in [0.15, 0.2) is 53.4 Å². The van der Waals surface area contributed by atoms with Gasteiger partial charge in [-0.2, -0.15) is 4.31 Å². The van der Waals surface area contributed by atoms with E-state index in [-0.39, 0.29) is 29.5 Å². The van der Waals surface area contributed by atoms with E-state index >= 15 is 0 Å². The number of carbonyl (C=O) groups excluding carboxylic acids is 1. The first-order chi connectivity index (χ1) is 13.8. The summed E-state index contributed by atoms with van der Waals surface area (Å²) in [5, 5.41) is 0.401. The summed E-state index contributed by atoms with van der Waals surface area (Å²) in [6.07, 6.45) is 0. The summed E-state index contributed by atoms with van der Waals surface area (Å²) >= 11 is 5.87. The zero-order valence-corrected chi connectivity index (χ0v) is 17.7. The van der Waals surface area contributed by atoms with Gasteiger partial charge >= 0.3 is 0 Å². The third-order valence-electron chi connectivity index (χ3n) is 4.92. The molecule has 6 nitrogen and oxygen atoms in total. The molecule has 0 aliphatic carbocycles. The quantitative estimate of drug-likeness (QED) is 0.693. The van der Waals surface area contributed by atoms with E-state index < -0.39 is 15.8 Å². The monoisotopic (exact) mass is 439 g/mol. The van der Waals surface area contributed by atoms with Gasteiger partial charge in [0.05, 0.1) is 11.4 Å². The Balaban J connectivity index is 1.88. The summed E-state index contributed by atoms with van der Waals surface area (Å²) < 4.78 is 41.6. The minimum Gasteiger partial charge on any atom is -0.339 e. The van der Waals surface area contributed by atoms with E-state index in [0.29, 0.717) is 18.1 Å². The number of halogens is 2. The zero-order valence-electron chi connectivity index (χ0n) is 16.1. The summed E-state index contributed by atoms with van der Waals surface area (Å²) in [4.78, 5) is 16.6. The Kier molecular flexibility index (Phi) is 6.89. The number of sulfonamides is 1. The lowest BCUT2D eigenvalue weighted by atomic mass is 10.2. The first-order valence-corrected chi connectivity index (χ1v) is 11.0. The Hall–Kier alpha value is -2.00. The van der Waals surface area contributed by atoms with Crippen molar-refractivity contribution in [3.63, 3.8) is 0 Å². The highest BCUT2D eigenvalue weighted by Gasteiger charge is 2.30. The average Bonchev–Trinajstić information content (AvgIpc) is 2.70. The van der Waals surface area contributed by atoms with E-state index in [1.807, 2.05) is 7.05 Å². The predicted octanol–water partition coefficient (Wildman–Crippen LogP) is 2.44. The fourth-order valence-corrected chi connectivity index (χ4v) is 4.60. The molecule has 1 aliphatic heterocycles. The van der Waals surface area contributed by atoms with Crippen LogP contribution in [-0.2, 0) is 21.4 Å². The summed E-state index contributed by atoms with van der Waals surface area (Å²) in [6.45, 7) is 1.92. The van der Waals surface area contributed by atoms with Crippen LogP contribution in [0.4, 0.5) is 4.39 Å².